The molecule has 3 aromatic rings. The first-order chi connectivity index (χ1) is 13.4. The summed E-state index contributed by atoms with van der Waals surface area (Å²) in [6.45, 7) is 4.32. The summed E-state index contributed by atoms with van der Waals surface area (Å²) in [6.07, 6.45) is 13.1. The third-order valence-electron chi connectivity index (χ3n) is 6.03. The minimum atomic E-state index is 0.453. The second kappa shape index (κ2) is 7.41. The Hall–Kier alpha value is -2.24. The van der Waals surface area contributed by atoms with Gasteiger partial charge in [0.05, 0.1) is 6.10 Å². The fraction of sp³-hybridized carbons (Fsp3) is 0.455. The topological polar surface area (TPSA) is 43.2 Å². The molecule has 4 heterocycles. The third-order valence-corrected chi connectivity index (χ3v) is 6.03. The Morgan fingerprint density at radius 1 is 1.07 bits per heavy atom. The molecule has 2 aromatic heterocycles. The molecule has 2 fully saturated rings. The fourth-order valence-corrected chi connectivity index (χ4v) is 4.59. The Labute approximate surface area is 160 Å². The molecule has 0 bridgehead atoms. The minimum Gasteiger partial charge on any atom is -0.377 e. The molecule has 0 saturated carbocycles. The molecule has 0 N–H and O–H groups in total. The Morgan fingerprint density at radius 3 is 2.85 bits per heavy atom. The van der Waals surface area contributed by atoms with Crippen molar-refractivity contribution in [1.82, 2.24) is 19.4 Å². The van der Waals surface area contributed by atoms with Crippen molar-refractivity contribution in [2.24, 2.45) is 0 Å². The number of hydrogen-bond donors (Lipinski definition) is 0. The summed E-state index contributed by atoms with van der Waals surface area (Å²) < 4.78 is 8.20. The molecular weight excluding hydrogens is 336 g/mol. The highest BCUT2D eigenvalue weighted by molar-refractivity contribution is 5.94. The summed E-state index contributed by atoms with van der Waals surface area (Å²) in [5.41, 5.74) is 1.20. The van der Waals surface area contributed by atoms with Gasteiger partial charge in [0.2, 0.25) is 0 Å². The quantitative estimate of drug-likeness (QED) is 0.706. The minimum absolute atomic E-state index is 0.453. The van der Waals surface area contributed by atoms with E-state index < -0.39 is 0 Å². The first kappa shape index (κ1) is 16.9. The fourth-order valence-electron chi connectivity index (χ4n) is 4.59. The van der Waals surface area contributed by atoms with Crippen LogP contribution in [0.1, 0.15) is 31.7 Å². The molecule has 1 atom stereocenters. The van der Waals surface area contributed by atoms with Gasteiger partial charge in [-0.1, -0.05) is 18.2 Å². The average molecular weight is 362 g/mol. The van der Waals surface area contributed by atoms with Crippen LogP contribution < -0.4 is 0 Å². The normalized spacial score (nSPS) is 21.9. The van der Waals surface area contributed by atoms with Crippen LogP contribution in [0, 0.1) is 0 Å². The zero-order chi connectivity index (χ0) is 18.1. The zero-order valence-corrected chi connectivity index (χ0v) is 15.6. The molecule has 27 heavy (non-hydrogen) atoms. The summed E-state index contributed by atoms with van der Waals surface area (Å²) in [5, 5.41) is 2.38. The van der Waals surface area contributed by atoms with Crippen LogP contribution in [0.4, 0.5) is 0 Å². The Morgan fingerprint density at radius 2 is 2.00 bits per heavy atom. The van der Waals surface area contributed by atoms with Gasteiger partial charge in [0.25, 0.3) is 0 Å². The van der Waals surface area contributed by atoms with E-state index in [1.807, 2.05) is 18.6 Å². The van der Waals surface area contributed by atoms with E-state index in [2.05, 4.69) is 44.9 Å². The molecule has 0 amide bonds. The lowest BCUT2D eigenvalue weighted by Crippen LogP contribution is -2.39. The van der Waals surface area contributed by atoms with Gasteiger partial charge in [-0.15, -0.1) is 0 Å². The first-order valence-corrected chi connectivity index (χ1v) is 10.1. The standard InChI is InChI=1S/C22H26N4O/c1-3-17-15-23-9-6-20(17)21(5-1)22-24-10-13-26(22)18-7-11-25(12-8-18)16-19-4-2-14-27-19/h1,3,5-6,9-10,13,15,18-19H,2,4,7-8,11-12,14,16H2. The monoisotopic (exact) mass is 362 g/mol. The van der Waals surface area contributed by atoms with Crippen molar-refractivity contribution in [3.8, 4) is 11.4 Å². The van der Waals surface area contributed by atoms with Crippen LogP contribution in [-0.2, 0) is 4.74 Å². The van der Waals surface area contributed by atoms with E-state index >= 15 is 0 Å². The van der Waals surface area contributed by atoms with Gasteiger partial charge in [-0.2, -0.15) is 0 Å². The largest absolute Gasteiger partial charge is 0.377 e. The van der Waals surface area contributed by atoms with E-state index in [1.165, 1.54) is 36.6 Å². The van der Waals surface area contributed by atoms with Gasteiger partial charge in [0, 0.05) is 68.0 Å². The highest BCUT2D eigenvalue weighted by Gasteiger charge is 2.26. The lowest BCUT2D eigenvalue weighted by molar-refractivity contribution is 0.0608. The molecule has 2 saturated heterocycles. The molecule has 0 radical (unpaired) electrons. The van der Waals surface area contributed by atoms with Gasteiger partial charge in [-0.05, 0) is 37.1 Å². The number of pyridine rings is 1. The molecule has 0 aliphatic carbocycles. The van der Waals surface area contributed by atoms with Gasteiger partial charge in [-0.25, -0.2) is 4.98 Å². The maximum absolute atomic E-state index is 5.81. The van der Waals surface area contributed by atoms with E-state index in [-0.39, 0.29) is 0 Å². The van der Waals surface area contributed by atoms with Gasteiger partial charge in [0.15, 0.2) is 0 Å². The number of likely N-dealkylation sites (tertiary alicyclic amines) is 1. The van der Waals surface area contributed by atoms with Crippen LogP contribution in [0.15, 0.2) is 49.1 Å². The van der Waals surface area contributed by atoms with Crippen molar-refractivity contribution < 1.29 is 4.74 Å². The second-order valence-electron chi connectivity index (χ2n) is 7.73. The first-order valence-electron chi connectivity index (χ1n) is 10.1. The molecule has 0 spiro atoms. The van der Waals surface area contributed by atoms with Gasteiger partial charge in [-0.3, -0.25) is 4.98 Å². The molecule has 5 heteroatoms. The van der Waals surface area contributed by atoms with Crippen LogP contribution in [0.25, 0.3) is 22.2 Å². The Bertz CT molecular complexity index is 902. The number of piperidine rings is 1. The maximum Gasteiger partial charge on any atom is 0.140 e. The number of imidazole rings is 1. The van der Waals surface area contributed by atoms with Crippen molar-refractivity contribution in [3.63, 3.8) is 0 Å². The number of hydrogen-bond acceptors (Lipinski definition) is 4. The highest BCUT2D eigenvalue weighted by Crippen LogP contribution is 2.32. The molecule has 5 rings (SSSR count). The predicted octanol–water partition coefficient (Wildman–Crippen LogP) is 3.91. The average Bonchev–Trinajstić information content (AvgIpc) is 3.40. The van der Waals surface area contributed by atoms with Crippen LogP contribution in [-0.4, -0.2) is 51.8 Å². The van der Waals surface area contributed by atoms with Crippen LogP contribution >= 0.6 is 0 Å². The zero-order valence-electron chi connectivity index (χ0n) is 15.6. The summed E-state index contributed by atoms with van der Waals surface area (Å²) in [6, 6.07) is 8.99. The van der Waals surface area contributed by atoms with E-state index in [4.69, 9.17) is 9.72 Å². The predicted molar refractivity (Wildman–Crippen MR) is 107 cm³/mol. The van der Waals surface area contributed by atoms with Gasteiger partial charge >= 0.3 is 0 Å². The van der Waals surface area contributed by atoms with Gasteiger partial charge in [0.1, 0.15) is 5.82 Å². The van der Waals surface area contributed by atoms with Crippen molar-refractivity contribution >= 4 is 10.8 Å². The lowest BCUT2D eigenvalue weighted by Gasteiger charge is -2.34. The smallest absolute Gasteiger partial charge is 0.140 e. The molecule has 1 unspecified atom stereocenters. The van der Waals surface area contributed by atoms with Crippen LogP contribution in [0.2, 0.25) is 0 Å². The van der Waals surface area contributed by atoms with Crippen molar-refractivity contribution in [1.29, 1.82) is 0 Å². The molecule has 2 aliphatic heterocycles. The maximum atomic E-state index is 5.81. The van der Waals surface area contributed by atoms with Crippen molar-refractivity contribution in [2.45, 2.75) is 37.8 Å². The number of fused-ring (bicyclic) bond motifs is 1. The van der Waals surface area contributed by atoms with E-state index in [0.29, 0.717) is 12.1 Å². The number of aromatic nitrogens is 3. The highest BCUT2D eigenvalue weighted by atomic mass is 16.5. The van der Waals surface area contributed by atoms with E-state index in [0.717, 1.165) is 37.5 Å². The molecule has 2 aliphatic rings. The van der Waals surface area contributed by atoms with E-state index in [9.17, 15) is 0 Å². The van der Waals surface area contributed by atoms with Crippen LogP contribution in [0.3, 0.4) is 0 Å². The van der Waals surface area contributed by atoms with Gasteiger partial charge < -0.3 is 14.2 Å². The SMILES string of the molecule is c1cc(-c2nccn2C2CCN(CC3CCCO3)CC2)c2ccncc2c1. The van der Waals surface area contributed by atoms with Crippen LogP contribution in [0.5, 0.6) is 0 Å². The second-order valence-corrected chi connectivity index (χ2v) is 7.73. The number of rotatable bonds is 4. The summed E-state index contributed by atoms with van der Waals surface area (Å²) >= 11 is 0. The summed E-state index contributed by atoms with van der Waals surface area (Å²) in [4.78, 5) is 11.6. The summed E-state index contributed by atoms with van der Waals surface area (Å²) in [7, 11) is 0. The van der Waals surface area contributed by atoms with Crippen molar-refractivity contribution in [2.75, 3.05) is 26.2 Å². The number of nitrogens with zero attached hydrogens (tertiary/aromatic N) is 4. The number of benzene rings is 1. The van der Waals surface area contributed by atoms with E-state index in [1.54, 1.807) is 0 Å². The lowest BCUT2D eigenvalue weighted by atomic mass is 10.0. The Balaban J connectivity index is 1.35. The number of ether oxygens (including phenoxy) is 1. The third kappa shape index (κ3) is 3.37. The molecule has 1 aromatic carbocycles. The summed E-state index contributed by atoms with van der Waals surface area (Å²) in [5.74, 6) is 1.07. The van der Waals surface area contributed by atoms with Crippen molar-refractivity contribution in [3.05, 3.63) is 49.1 Å². The molecule has 5 nitrogen and oxygen atoms in total. The Kier molecular flexibility index (Phi) is 4.64. The molecular formula is C22H26N4O. The molecule has 140 valence electrons.